The molecule has 176 valence electrons. The monoisotopic (exact) mass is 472 g/mol. The number of para-hydroxylation sites is 1. The van der Waals surface area contributed by atoms with Crippen molar-refractivity contribution >= 4 is 27.5 Å². The first-order valence-electron chi connectivity index (χ1n) is 10.6. The summed E-state index contributed by atoms with van der Waals surface area (Å²) in [6, 6.07) is 14.6. The van der Waals surface area contributed by atoms with Crippen LogP contribution < -0.4 is 15.6 Å². The topological polar surface area (TPSA) is 111 Å². The number of carbonyl (C=O) groups is 1. The van der Waals surface area contributed by atoms with Crippen molar-refractivity contribution in [1.29, 1.82) is 0 Å². The van der Waals surface area contributed by atoms with Gasteiger partial charge in [-0.2, -0.15) is 0 Å². The van der Waals surface area contributed by atoms with Crippen LogP contribution in [0.4, 0.5) is 16.2 Å². The van der Waals surface area contributed by atoms with Gasteiger partial charge in [-0.3, -0.25) is 19.5 Å². The summed E-state index contributed by atoms with van der Waals surface area (Å²) < 4.78 is 36.3. The smallest absolute Gasteiger partial charge is 0.411 e. The minimum Gasteiger partial charge on any atom is -0.449 e. The van der Waals surface area contributed by atoms with E-state index < -0.39 is 21.7 Å². The van der Waals surface area contributed by atoms with Crippen LogP contribution in [-0.4, -0.2) is 30.5 Å². The van der Waals surface area contributed by atoms with Crippen molar-refractivity contribution in [1.82, 2.24) is 9.36 Å². The molecule has 0 saturated carbocycles. The van der Waals surface area contributed by atoms with Crippen molar-refractivity contribution < 1.29 is 17.9 Å². The Bertz CT molecular complexity index is 1260. The van der Waals surface area contributed by atoms with Crippen molar-refractivity contribution in [2.75, 3.05) is 16.6 Å². The van der Waals surface area contributed by atoms with Crippen LogP contribution in [0.5, 0.6) is 0 Å². The zero-order valence-electron chi connectivity index (χ0n) is 18.9. The highest BCUT2D eigenvalue weighted by Gasteiger charge is 2.22. The van der Waals surface area contributed by atoms with Gasteiger partial charge in [-0.1, -0.05) is 38.0 Å². The lowest BCUT2D eigenvalue weighted by atomic mass is 10.3. The molecule has 0 aliphatic rings. The van der Waals surface area contributed by atoms with Gasteiger partial charge in [0.2, 0.25) is 0 Å². The molecule has 0 fully saturated rings. The normalized spacial score (nSPS) is 11.2. The van der Waals surface area contributed by atoms with Gasteiger partial charge in [0.25, 0.3) is 15.6 Å². The lowest BCUT2D eigenvalue weighted by Crippen LogP contribution is -2.23. The molecule has 3 aromatic rings. The number of carbonyl (C=O) groups excluding carboxylic acids is 1. The molecule has 0 aliphatic heterocycles. The highest BCUT2D eigenvalue weighted by atomic mass is 32.2. The maximum absolute atomic E-state index is 13.0. The van der Waals surface area contributed by atoms with E-state index in [2.05, 4.69) is 17.0 Å². The molecule has 0 saturated heterocycles. The molecule has 0 atom stereocenters. The number of unbranched alkanes of at least 4 members (excludes halogenated alkanes) is 2. The molecular weight excluding hydrogens is 444 g/mol. The van der Waals surface area contributed by atoms with E-state index in [0.29, 0.717) is 23.7 Å². The van der Waals surface area contributed by atoms with Crippen LogP contribution >= 0.6 is 0 Å². The summed E-state index contributed by atoms with van der Waals surface area (Å²) in [5, 5.41) is 2.56. The molecule has 33 heavy (non-hydrogen) atoms. The molecule has 0 spiro atoms. The van der Waals surface area contributed by atoms with Crippen molar-refractivity contribution in [3.05, 3.63) is 70.6 Å². The second-order valence-corrected chi connectivity index (χ2v) is 9.22. The van der Waals surface area contributed by atoms with Gasteiger partial charge in [0.1, 0.15) is 5.69 Å². The fourth-order valence-corrected chi connectivity index (χ4v) is 4.38. The molecule has 0 aliphatic carbocycles. The number of rotatable bonds is 9. The molecule has 0 radical (unpaired) electrons. The van der Waals surface area contributed by atoms with Crippen LogP contribution in [0.25, 0.3) is 5.69 Å². The van der Waals surface area contributed by atoms with Gasteiger partial charge in [-0.05, 0) is 49.7 Å². The second-order valence-electron chi connectivity index (χ2n) is 7.53. The Morgan fingerprint density at radius 2 is 1.70 bits per heavy atom. The predicted molar refractivity (Wildman–Crippen MR) is 127 cm³/mol. The van der Waals surface area contributed by atoms with Gasteiger partial charge in [-0.25, -0.2) is 17.9 Å². The summed E-state index contributed by atoms with van der Waals surface area (Å²) in [5.41, 5.74) is 0.983. The number of anilines is 2. The van der Waals surface area contributed by atoms with E-state index in [4.69, 9.17) is 4.74 Å². The lowest BCUT2D eigenvalue weighted by Gasteiger charge is -2.09. The number of sulfonamides is 1. The van der Waals surface area contributed by atoms with E-state index in [1.807, 2.05) is 6.07 Å². The summed E-state index contributed by atoms with van der Waals surface area (Å²) >= 11 is 0. The number of benzene rings is 2. The Hall–Kier alpha value is -3.53. The third-order valence-electron chi connectivity index (χ3n) is 5.18. The fourth-order valence-electron chi connectivity index (χ4n) is 3.27. The fraction of sp³-hybridized carbons (Fsp3) is 0.304. The van der Waals surface area contributed by atoms with Crippen molar-refractivity contribution in [3.63, 3.8) is 0 Å². The number of nitrogens with one attached hydrogen (secondary N) is 2. The Kier molecular flexibility index (Phi) is 7.59. The highest BCUT2D eigenvalue weighted by molar-refractivity contribution is 7.92. The average molecular weight is 473 g/mol. The molecule has 1 aromatic heterocycles. The number of amides is 1. The van der Waals surface area contributed by atoms with Crippen LogP contribution in [0.2, 0.25) is 0 Å². The molecule has 9 nitrogen and oxygen atoms in total. The predicted octanol–water partition coefficient (Wildman–Crippen LogP) is 4.02. The molecule has 2 N–H and O–H groups in total. The van der Waals surface area contributed by atoms with Crippen molar-refractivity contribution in [3.8, 4) is 5.69 Å². The first-order chi connectivity index (χ1) is 15.7. The molecule has 10 heteroatoms. The molecular formula is C23H28N4O5S. The Morgan fingerprint density at radius 1 is 1.03 bits per heavy atom. The number of hydrogen-bond donors (Lipinski definition) is 2. The van der Waals surface area contributed by atoms with E-state index in [1.54, 1.807) is 42.9 Å². The summed E-state index contributed by atoms with van der Waals surface area (Å²) in [6.45, 7) is 4.05. The zero-order chi connectivity index (χ0) is 24.0. The molecule has 2 aromatic carbocycles. The van der Waals surface area contributed by atoms with Gasteiger partial charge >= 0.3 is 6.09 Å². The van der Waals surface area contributed by atoms with E-state index in [0.717, 1.165) is 19.3 Å². The maximum atomic E-state index is 13.0. The molecule has 0 bridgehead atoms. The largest absolute Gasteiger partial charge is 0.449 e. The lowest BCUT2D eigenvalue weighted by molar-refractivity contribution is 0.159. The summed E-state index contributed by atoms with van der Waals surface area (Å²) in [4.78, 5) is 24.8. The van der Waals surface area contributed by atoms with Crippen LogP contribution in [0.1, 0.15) is 31.9 Å². The van der Waals surface area contributed by atoms with Crippen molar-refractivity contribution in [2.45, 2.75) is 38.0 Å². The number of hydrogen-bond acceptors (Lipinski definition) is 5. The van der Waals surface area contributed by atoms with E-state index in [-0.39, 0.29) is 10.6 Å². The van der Waals surface area contributed by atoms with Crippen LogP contribution in [-0.2, 0) is 21.8 Å². The number of ether oxygens (including phenoxy) is 1. The third kappa shape index (κ3) is 5.64. The first-order valence-corrected chi connectivity index (χ1v) is 12.1. The second kappa shape index (κ2) is 10.4. The molecule has 1 amide bonds. The quantitative estimate of drug-likeness (QED) is 0.457. The minimum absolute atomic E-state index is 0.0285. The standard InChI is InChI=1S/C23H28N4O5S/c1-4-5-9-16-32-23(29)24-18-12-14-20(15-13-18)33(30,31)25-21-17(2)26(3)27(22(21)28)19-10-7-6-8-11-19/h6-8,10-15,25H,4-5,9,16H2,1-3H3,(H,24,29). The van der Waals surface area contributed by atoms with Crippen LogP contribution in [0.3, 0.4) is 0 Å². The maximum Gasteiger partial charge on any atom is 0.411 e. The van der Waals surface area contributed by atoms with Crippen LogP contribution in [0, 0.1) is 6.92 Å². The Morgan fingerprint density at radius 3 is 2.33 bits per heavy atom. The number of nitrogens with zero attached hydrogens (tertiary/aromatic N) is 2. The third-order valence-corrected chi connectivity index (χ3v) is 6.55. The van der Waals surface area contributed by atoms with Gasteiger partial charge in [0.15, 0.2) is 0 Å². The SMILES string of the molecule is CCCCCOC(=O)Nc1ccc(S(=O)(=O)Nc2c(C)n(C)n(-c3ccccc3)c2=O)cc1. The highest BCUT2D eigenvalue weighted by Crippen LogP contribution is 2.20. The Balaban J connectivity index is 1.75. The van der Waals surface area contributed by atoms with Gasteiger partial charge in [0.05, 0.1) is 22.9 Å². The van der Waals surface area contributed by atoms with E-state index in [1.165, 1.54) is 28.9 Å². The summed E-state index contributed by atoms with van der Waals surface area (Å²) in [6.07, 6.45) is 2.19. The first kappa shape index (κ1) is 24.1. The van der Waals surface area contributed by atoms with Gasteiger partial charge in [-0.15, -0.1) is 0 Å². The summed E-state index contributed by atoms with van der Waals surface area (Å²) in [7, 11) is -2.35. The minimum atomic E-state index is -4.03. The average Bonchev–Trinajstić information content (AvgIpc) is 3.00. The van der Waals surface area contributed by atoms with E-state index >= 15 is 0 Å². The van der Waals surface area contributed by atoms with Gasteiger partial charge in [0, 0.05) is 12.7 Å². The van der Waals surface area contributed by atoms with E-state index in [9.17, 15) is 18.0 Å². The zero-order valence-corrected chi connectivity index (χ0v) is 19.7. The molecule has 0 unspecified atom stereocenters. The summed E-state index contributed by atoms with van der Waals surface area (Å²) in [5.74, 6) is 0. The Labute approximate surface area is 193 Å². The van der Waals surface area contributed by atoms with Gasteiger partial charge < -0.3 is 4.74 Å². The number of aromatic nitrogens is 2. The molecule has 1 heterocycles. The molecule has 3 rings (SSSR count). The van der Waals surface area contributed by atoms with Crippen LogP contribution in [0.15, 0.2) is 64.3 Å². The van der Waals surface area contributed by atoms with Crippen molar-refractivity contribution in [2.24, 2.45) is 7.05 Å².